The highest BCUT2D eigenvalue weighted by Gasteiger charge is 2.50. The molecule has 10 heteroatoms. The van der Waals surface area contributed by atoms with Crippen molar-refractivity contribution in [3.8, 4) is 23.2 Å². The van der Waals surface area contributed by atoms with E-state index in [1.54, 1.807) is 4.90 Å². The summed E-state index contributed by atoms with van der Waals surface area (Å²) in [5.41, 5.74) is 6.82. The van der Waals surface area contributed by atoms with Crippen LogP contribution in [0.1, 0.15) is 42.4 Å². The first-order valence-corrected chi connectivity index (χ1v) is 15.5. The number of fused-ring (bicyclic) bond motifs is 3. The van der Waals surface area contributed by atoms with Gasteiger partial charge in [-0.3, -0.25) is 14.7 Å². The van der Waals surface area contributed by atoms with Gasteiger partial charge in [-0.25, -0.2) is 13.8 Å². The van der Waals surface area contributed by atoms with E-state index in [0.29, 0.717) is 49.4 Å². The standard InChI is InChI=1S/C34H36F2N6O2/c1-20(35)34(43)41-13-11-30-31(41)18-42(30)32-26(10-12-37)33(44-19-23-14-22(36)17-40(23)2)39-29-15-28(38-16-27(29)32)25-9-5-7-21-6-3-4-8-24(21)25/h5,7,9,15-16,22-23,30-31H,1,3-4,6,8,10-11,13-14,17-19H2,2H3/t22-,23+,30-,31-/m1/s1. The zero-order chi connectivity index (χ0) is 30.5. The molecule has 44 heavy (non-hydrogen) atoms. The lowest BCUT2D eigenvalue weighted by Crippen LogP contribution is -2.63. The number of benzene rings is 1. The van der Waals surface area contributed by atoms with Crippen molar-refractivity contribution >= 4 is 22.5 Å². The molecule has 0 unspecified atom stereocenters. The van der Waals surface area contributed by atoms with E-state index in [2.05, 4.69) is 35.7 Å². The van der Waals surface area contributed by atoms with Crippen LogP contribution < -0.4 is 9.64 Å². The average Bonchev–Trinajstić information content (AvgIpc) is 3.52. The third-order valence-electron chi connectivity index (χ3n) is 9.96. The molecule has 4 aliphatic rings. The number of rotatable bonds is 7. The molecule has 1 amide bonds. The number of carbonyl (C=O) groups excluding carboxylic acids is 1. The summed E-state index contributed by atoms with van der Waals surface area (Å²) < 4.78 is 34.3. The molecule has 1 aliphatic carbocycles. The third kappa shape index (κ3) is 4.87. The van der Waals surface area contributed by atoms with E-state index in [4.69, 9.17) is 14.7 Å². The maximum atomic E-state index is 14.1. The summed E-state index contributed by atoms with van der Waals surface area (Å²) in [4.78, 5) is 28.1. The van der Waals surface area contributed by atoms with Crippen molar-refractivity contribution < 1.29 is 18.3 Å². The number of ether oxygens (including phenoxy) is 1. The first kappa shape index (κ1) is 28.7. The molecular formula is C34H36F2N6O2. The van der Waals surface area contributed by atoms with Crippen LogP contribution in [0.15, 0.2) is 42.9 Å². The lowest BCUT2D eigenvalue weighted by Gasteiger charge is -2.49. The number of hydrogen-bond donors (Lipinski definition) is 0. The van der Waals surface area contributed by atoms with Crippen LogP contribution in [0.2, 0.25) is 0 Å². The number of carbonyl (C=O) groups is 1. The van der Waals surface area contributed by atoms with Crippen molar-refractivity contribution in [2.24, 2.45) is 0 Å². The Kier molecular flexibility index (Phi) is 7.45. The van der Waals surface area contributed by atoms with E-state index in [0.717, 1.165) is 41.6 Å². The Morgan fingerprint density at radius 1 is 1.23 bits per heavy atom. The molecule has 3 aromatic rings. The number of nitrogens with zero attached hydrogens (tertiary/aromatic N) is 6. The number of anilines is 1. The molecule has 5 heterocycles. The number of likely N-dealkylation sites (N-methyl/N-ethyl adjacent to an activating group) is 1. The van der Waals surface area contributed by atoms with Crippen LogP contribution in [0.3, 0.4) is 0 Å². The Morgan fingerprint density at radius 2 is 2.07 bits per heavy atom. The minimum Gasteiger partial charge on any atom is -0.476 e. The summed E-state index contributed by atoms with van der Waals surface area (Å²) in [7, 11) is 1.89. The van der Waals surface area contributed by atoms with Gasteiger partial charge in [-0.05, 0) is 62.8 Å². The fourth-order valence-corrected chi connectivity index (χ4v) is 7.68. The molecule has 3 saturated heterocycles. The Labute approximate surface area is 255 Å². The van der Waals surface area contributed by atoms with Crippen molar-refractivity contribution in [1.29, 1.82) is 5.26 Å². The number of amides is 1. The maximum absolute atomic E-state index is 14.1. The maximum Gasteiger partial charge on any atom is 0.282 e. The number of alkyl halides is 1. The SMILES string of the molecule is C=C(F)C(=O)N1CC[C@@H]2[C@H]1CN2c1c(CC#N)c(OC[C@@H]2C[C@@H](F)CN2C)nc2cc(-c3cccc4c3CCCC4)ncc12. The minimum absolute atomic E-state index is 0.0386. The zero-order valence-corrected chi connectivity index (χ0v) is 24.9. The summed E-state index contributed by atoms with van der Waals surface area (Å²) in [6.07, 6.45) is 6.48. The highest BCUT2D eigenvalue weighted by molar-refractivity contribution is 5.97. The number of likely N-dealkylation sites (tertiary alicyclic amines) is 2. The van der Waals surface area contributed by atoms with Crippen LogP contribution in [-0.4, -0.2) is 83.3 Å². The summed E-state index contributed by atoms with van der Waals surface area (Å²) in [6.45, 7) is 4.75. The summed E-state index contributed by atoms with van der Waals surface area (Å²) in [5.74, 6) is -1.25. The second-order valence-corrected chi connectivity index (χ2v) is 12.5. The molecule has 7 rings (SSSR count). The largest absolute Gasteiger partial charge is 0.476 e. The quantitative estimate of drug-likeness (QED) is 0.357. The summed E-state index contributed by atoms with van der Waals surface area (Å²) in [5, 5.41) is 10.7. The monoisotopic (exact) mass is 598 g/mol. The number of aryl methyl sites for hydroxylation is 1. The molecule has 0 bridgehead atoms. The molecule has 228 valence electrons. The smallest absolute Gasteiger partial charge is 0.282 e. The van der Waals surface area contributed by atoms with E-state index >= 15 is 0 Å². The van der Waals surface area contributed by atoms with Gasteiger partial charge in [-0.15, -0.1) is 0 Å². The van der Waals surface area contributed by atoms with E-state index in [1.807, 2.05) is 24.2 Å². The summed E-state index contributed by atoms with van der Waals surface area (Å²) in [6, 6.07) is 10.4. The van der Waals surface area contributed by atoms with E-state index in [9.17, 15) is 18.8 Å². The van der Waals surface area contributed by atoms with Gasteiger partial charge in [-0.1, -0.05) is 24.8 Å². The molecule has 8 nitrogen and oxygen atoms in total. The first-order chi connectivity index (χ1) is 21.3. The molecule has 2 aromatic heterocycles. The van der Waals surface area contributed by atoms with Crippen LogP contribution in [0.25, 0.3) is 22.2 Å². The van der Waals surface area contributed by atoms with Crippen molar-refractivity contribution in [2.75, 3.05) is 38.2 Å². The molecule has 1 aromatic carbocycles. The lowest BCUT2D eigenvalue weighted by atomic mass is 9.87. The van der Waals surface area contributed by atoms with Crippen LogP contribution in [0.5, 0.6) is 5.88 Å². The molecule has 0 saturated carbocycles. The van der Waals surface area contributed by atoms with Gasteiger partial charge in [0.2, 0.25) is 5.88 Å². The fraction of sp³-hybridized carbons (Fsp3) is 0.471. The van der Waals surface area contributed by atoms with Gasteiger partial charge in [0.1, 0.15) is 12.8 Å². The van der Waals surface area contributed by atoms with Crippen molar-refractivity contribution in [1.82, 2.24) is 19.8 Å². The van der Waals surface area contributed by atoms with E-state index in [-0.39, 0.29) is 31.2 Å². The van der Waals surface area contributed by atoms with Crippen molar-refractivity contribution in [3.63, 3.8) is 0 Å². The first-order valence-electron chi connectivity index (χ1n) is 15.5. The fourth-order valence-electron chi connectivity index (χ4n) is 7.68. The third-order valence-corrected chi connectivity index (χ3v) is 9.96. The topological polar surface area (TPSA) is 85.6 Å². The molecule has 4 atom stereocenters. The van der Waals surface area contributed by atoms with Crippen molar-refractivity contribution in [3.05, 3.63) is 59.6 Å². The van der Waals surface area contributed by atoms with Gasteiger partial charge in [0.05, 0.1) is 47.0 Å². The van der Waals surface area contributed by atoms with Gasteiger partial charge < -0.3 is 14.5 Å². The van der Waals surface area contributed by atoms with Crippen molar-refractivity contribution in [2.45, 2.75) is 69.2 Å². The van der Waals surface area contributed by atoms with Gasteiger partial charge >= 0.3 is 0 Å². The van der Waals surface area contributed by atoms with Gasteiger partial charge in [0.25, 0.3) is 5.91 Å². The van der Waals surface area contributed by atoms with Crippen LogP contribution in [0, 0.1) is 11.3 Å². The summed E-state index contributed by atoms with van der Waals surface area (Å²) >= 11 is 0. The molecule has 0 N–H and O–H groups in total. The van der Waals surface area contributed by atoms with E-state index < -0.39 is 17.9 Å². The molecule has 3 aliphatic heterocycles. The average molecular weight is 599 g/mol. The predicted octanol–water partition coefficient (Wildman–Crippen LogP) is 4.94. The minimum atomic E-state index is -0.952. The van der Waals surface area contributed by atoms with Crippen LogP contribution >= 0.6 is 0 Å². The number of pyridine rings is 2. The highest BCUT2D eigenvalue weighted by atomic mass is 19.1. The van der Waals surface area contributed by atoms with Crippen LogP contribution in [-0.2, 0) is 24.1 Å². The van der Waals surface area contributed by atoms with Gasteiger partial charge in [0, 0.05) is 42.8 Å². The van der Waals surface area contributed by atoms with Gasteiger partial charge in [-0.2, -0.15) is 5.26 Å². The Morgan fingerprint density at radius 3 is 2.84 bits per heavy atom. The number of hydrogen-bond acceptors (Lipinski definition) is 7. The van der Waals surface area contributed by atoms with Crippen LogP contribution in [0.4, 0.5) is 14.5 Å². The molecule has 3 fully saturated rings. The molecule has 0 radical (unpaired) electrons. The second-order valence-electron chi connectivity index (χ2n) is 12.5. The zero-order valence-electron chi connectivity index (χ0n) is 24.9. The normalized spacial score (nSPS) is 24.5. The molecular weight excluding hydrogens is 562 g/mol. The van der Waals surface area contributed by atoms with Gasteiger partial charge in [0.15, 0.2) is 5.83 Å². The number of aromatic nitrogens is 2. The Balaban J connectivity index is 1.32. The second kappa shape index (κ2) is 11.4. The Hall–Kier alpha value is -4.10. The number of nitriles is 1. The highest BCUT2D eigenvalue weighted by Crippen LogP contribution is 2.45. The van der Waals surface area contributed by atoms with E-state index in [1.165, 1.54) is 17.5 Å². The number of halogens is 2. The molecule has 0 spiro atoms. The lowest BCUT2D eigenvalue weighted by molar-refractivity contribution is -0.130. The predicted molar refractivity (Wildman–Crippen MR) is 164 cm³/mol. The Bertz CT molecular complexity index is 1690.